The largest absolute Gasteiger partial charge is 0.264 e. The summed E-state index contributed by atoms with van der Waals surface area (Å²) in [6.45, 7) is 2.05. The van der Waals surface area contributed by atoms with Crippen molar-refractivity contribution < 1.29 is 4.92 Å². The van der Waals surface area contributed by atoms with E-state index in [1.165, 1.54) is 6.42 Å². The highest BCUT2D eigenvalue weighted by molar-refractivity contribution is 4.73. The van der Waals surface area contributed by atoms with Crippen molar-refractivity contribution in [3.8, 4) is 0 Å². The van der Waals surface area contributed by atoms with E-state index in [4.69, 9.17) is 0 Å². The van der Waals surface area contributed by atoms with Gasteiger partial charge in [-0.25, -0.2) is 0 Å². The van der Waals surface area contributed by atoms with Gasteiger partial charge in [0.2, 0.25) is 6.04 Å². The van der Waals surface area contributed by atoms with E-state index in [0.717, 1.165) is 25.7 Å². The lowest BCUT2D eigenvalue weighted by Crippen LogP contribution is -2.31. The molecule has 0 bridgehead atoms. The Morgan fingerprint density at radius 2 is 2.09 bits per heavy atom. The fourth-order valence-electron chi connectivity index (χ4n) is 1.94. The molecule has 1 fully saturated rings. The number of hydrogen-bond acceptors (Lipinski definition) is 2. The van der Waals surface area contributed by atoms with E-state index in [2.05, 4.69) is 0 Å². The Bertz CT molecular complexity index is 147. The van der Waals surface area contributed by atoms with Crippen molar-refractivity contribution in [2.75, 3.05) is 0 Å². The molecule has 0 N–H and O–H groups in total. The van der Waals surface area contributed by atoms with Crippen LogP contribution in [0.1, 0.15) is 39.0 Å². The SMILES string of the molecule is CC[C@H]1CCCCC1[N+](=O)[O-]. The van der Waals surface area contributed by atoms with Gasteiger partial charge in [0.15, 0.2) is 0 Å². The molecule has 1 aliphatic carbocycles. The Balaban J connectivity index is 2.51. The smallest absolute Gasteiger partial charge is 0.215 e. The molecule has 1 rings (SSSR count). The minimum absolute atomic E-state index is 0.0900. The number of nitro groups is 1. The van der Waals surface area contributed by atoms with Crippen molar-refractivity contribution in [2.45, 2.75) is 45.1 Å². The lowest BCUT2D eigenvalue weighted by atomic mass is 9.83. The topological polar surface area (TPSA) is 43.1 Å². The van der Waals surface area contributed by atoms with Crippen LogP contribution in [0.5, 0.6) is 0 Å². The molecule has 1 aliphatic rings. The van der Waals surface area contributed by atoms with Gasteiger partial charge in [-0.1, -0.05) is 13.3 Å². The minimum atomic E-state index is -0.242. The maximum atomic E-state index is 10.5. The normalized spacial score (nSPS) is 31.7. The molecule has 0 aromatic carbocycles. The van der Waals surface area contributed by atoms with Crippen molar-refractivity contribution in [2.24, 2.45) is 5.92 Å². The van der Waals surface area contributed by atoms with Crippen molar-refractivity contribution in [1.29, 1.82) is 0 Å². The second-order valence-corrected chi connectivity index (χ2v) is 3.31. The van der Waals surface area contributed by atoms with Gasteiger partial charge in [-0.15, -0.1) is 0 Å². The van der Waals surface area contributed by atoms with E-state index in [1.54, 1.807) is 0 Å². The van der Waals surface area contributed by atoms with Crippen LogP contribution in [-0.2, 0) is 0 Å². The summed E-state index contributed by atoms with van der Waals surface area (Å²) in [4.78, 5) is 10.4. The maximum Gasteiger partial charge on any atom is 0.215 e. The molecule has 64 valence electrons. The van der Waals surface area contributed by atoms with Gasteiger partial charge >= 0.3 is 0 Å². The zero-order valence-electron chi connectivity index (χ0n) is 6.95. The van der Waals surface area contributed by atoms with Gasteiger partial charge in [-0.3, -0.25) is 10.1 Å². The molecule has 1 unspecified atom stereocenters. The number of rotatable bonds is 2. The van der Waals surface area contributed by atoms with Crippen LogP contribution in [0.3, 0.4) is 0 Å². The third-order valence-corrected chi connectivity index (χ3v) is 2.66. The summed E-state index contributed by atoms with van der Waals surface area (Å²) in [5, 5.41) is 10.5. The summed E-state index contributed by atoms with van der Waals surface area (Å²) in [7, 11) is 0. The van der Waals surface area contributed by atoms with Gasteiger partial charge in [0.25, 0.3) is 0 Å². The summed E-state index contributed by atoms with van der Waals surface area (Å²) < 4.78 is 0. The molecule has 11 heavy (non-hydrogen) atoms. The minimum Gasteiger partial charge on any atom is -0.264 e. The summed E-state index contributed by atoms with van der Waals surface area (Å²) in [5.41, 5.74) is 0. The summed E-state index contributed by atoms with van der Waals surface area (Å²) in [5.74, 6) is 0.346. The molecule has 0 aliphatic heterocycles. The van der Waals surface area contributed by atoms with Crippen LogP contribution in [0.25, 0.3) is 0 Å². The van der Waals surface area contributed by atoms with Crippen LogP contribution >= 0.6 is 0 Å². The van der Waals surface area contributed by atoms with Crippen LogP contribution in [0.4, 0.5) is 0 Å². The highest BCUT2D eigenvalue weighted by atomic mass is 16.6. The first-order valence-corrected chi connectivity index (χ1v) is 4.39. The van der Waals surface area contributed by atoms with Crippen molar-refractivity contribution >= 4 is 0 Å². The lowest BCUT2D eigenvalue weighted by molar-refractivity contribution is -0.535. The van der Waals surface area contributed by atoms with Crippen LogP contribution in [0.15, 0.2) is 0 Å². The Morgan fingerprint density at radius 3 is 2.55 bits per heavy atom. The molecule has 3 nitrogen and oxygen atoms in total. The predicted molar refractivity (Wildman–Crippen MR) is 43.0 cm³/mol. The van der Waals surface area contributed by atoms with Crippen molar-refractivity contribution in [3.63, 3.8) is 0 Å². The van der Waals surface area contributed by atoms with E-state index >= 15 is 0 Å². The summed E-state index contributed by atoms with van der Waals surface area (Å²) >= 11 is 0. The zero-order chi connectivity index (χ0) is 8.27. The molecular formula is C8H15NO2. The Morgan fingerprint density at radius 1 is 1.45 bits per heavy atom. The average molecular weight is 157 g/mol. The van der Waals surface area contributed by atoms with E-state index in [-0.39, 0.29) is 11.0 Å². The fraction of sp³-hybridized carbons (Fsp3) is 1.00. The molecule has 0 aromatic heterocycles. The van der Waals surface area contributed by atoms with E-state index < -0.39 is 0 Å². The zero-order valence-corrected chi connectivity index (χ0v) is 6.95. The van der Waals surface area contributed by atoms with E-state index in [1.807, 2.05) is 6.92 Å². The lowest BCUT2D eigenvalue weighted by Gasteiger charge is -2.23. The van der Waals surface area contributed by atoms with Crippen LogP contribution in [0.2, 0.25) is 0 Å². The van der Waals surface area contributed by atoms with Crippen LogP contribution in [-0.4, -0.2) is 11.0 Å². The van der Waals surface area contributed by atoms with E-state index in [0.29, 0.717) is 5.92 Å². The standard InChI is InChI=1S/C8H15NO2/c1-2-7-5-3-4-6-8(7)9(10)11/h7-8H,2-6H2,1H3/t7-,8?/m0/s1. The third-order valence-electron chi connectivity index (χ3n) is 2.66. The fourth-order valence-corrected chi connectivity index (χ4v) is 1.94. The number of hydrogen-bond donors (Lipinski definition) is 0. The molecule has 0 aromatic rings. The van der Waals surface area contributed by atoms with Crippen LogP contribution in [0, 0.1) is 16.0 Å². The predicted octanol–water partition coefficient (Wildman–Crippen LogP) is 2.23. The van der Waals surface area contributed by atoms with Gasteiger partial charge in [0.1, 0.15) is 0 Å². The van der Waals surface area contributed by atoms with Gasteiger partial charge in [0.05, 0.1) is 0 Å². The molecule has 0 saturated heterocycles. The Labute approximate surface area is 66.9 Å². The molecule has 0 heterocycles. The monoisotopic (exact) mass is 157 g/mol. The molecule has 0 spiro atoms. The summed E-state index contributed by atoms with van der Waals surface area (Å²) in [6.07, 6.45) is 5.05. The van der Waals surface area contributed by atoms with Crippen LogP contribution < -0.4 is 0 Å². The highest BCUT2D eigenvalue weighted by Gasteiger charge is 2.32. The molecule has 3 heteroatoms. The molecule has 2 atom stereocenters. The first kappa shape index (κ1) is 8.50. The highest BCUT2D eigenvalue weighted by Crippen LogP contribution is 2.28. The van der Waals surface area contributed by atoms with Gasteiger partial charge in [-0.2, -0.15) is 0 Å². The van der Waals surface area contributed by atoms with Gasteiger partial charge < -0.3 is 0 Å². The molecular weight excluding hydrogens is 142 g/mol. The Kier molecular flexibility index (Phi) is 2.85. The second-order valence-electron chi connectivity index (χ2n) is 3.31. The quantitative estimate of drug-likeness (QED) is 0.455. The van der Waals surface area contributed by atoms with E-state index in [9.17, 15) is 10.1 Å². The first-order chi connectivity index (χ1) is 5.25. The first-order valence-electron chi connectivity index (χ1n) is 4.39. The van der Waals surface area contributed by atoms with Crippen molar-refractivity contribution in [3.05, 3.63) is 10.1 Å². The molecule has 0 amide bonds. The van der Waals surface area contributed by atoms with Gasteiger partial charge in [-0.05, 0) is 19.3 Å². The summed E-state index contributed by atoms with van der Waals surface area (Å²) in [6, 6.07) is -0.242. The molecule has 1 saturated carbocycles. The van der Waals surface area contributed by atoms with Crippen molar-refractivity contribution in [1.82, 2.24) is 0 Å². The average Bonchev–Trinajstić information content (AvgIpc) is 2.04. The third kappa shape index (κ3) is 1.91. The maximum absolute atomic E-state index is 10.5. The Hall–Kier alpha value is -0.600. The molecule has 0 radical (unpaired) electrons. The second kappa shape index (κ2) is 3.69. The number of nitrogens with zero attached hydrogens (tertiary/aromatic N) is 1. The van der Waals surface area contributed by atoms with Gasteiger partial charge in [0, 0.05) is 17.3 Å².